The van der Waals surface area contributed by atoms with Crippen molar-refractivity contribution in [3.8, 4) is 12.1 Å². The number of rotatable bonds is 13. The van der Waals surface area contributed by atoms with E-state index in [0.29, 0.717) is 36.2 Å². The molecule has 2 aromatic heterocycles. The zero-order valence-corrected chi connectivity index (χ0v) is 36.2. The average molecular weight is 855 g/mol. The molecule has 4 aromatic carbocycles. The van der Waals surface area contributed by atoms with Crippen LogP contribution in [0, 0.1) is 60.5 Å². The first-order valence-electron chi connectivity index (χ1n) is 18.9. The van der Waals surface area contributed by atoms with Crippen LogP contribution in [0.15, 0.2) is 95.0 Å². The third-order valence-electron chi connectivity index (χ3n) is 9.52. The fourth-order valence-electron chi connectivity index (χ4n) is 7.48. The highest BCUT2D eigenvalue weighted by Gasteiger charge is 2.30. The van der Waals surface area contributed by atoms with Gasteiger partial charge in [0, 0.05) is 72.5 Å². The van der Waals surface area contributed by atoms with E-state index in [1.807, 2.05) is 90.0 Å². The van der Waals surface area contributed by atoms with E-state index in [9.17, 15) is 26.9 Å². The highest BCUT2D eigenvalue weighted by molar-refractivity contribution is 7.90. The highest BCUT2D eigenvalue weighted by Crippen LogP contribution is 2.30. The molecule has 17 heteroatoms. The average Bonchev–Trinajstić information content (AvgIpc) is 3.68. The molecule has 0 aliphatic rings. The van der Waals surface area contributed by atoms with Crippen molar-refractivity contribution in [3.05, 3.63) is 129 Å². The molecule has 6 rings (SSSR count). The van der Waals surface area contributed by atoms with Gasteiger partial charge in [-0.2, -0.15) is 10.5 Å². The molecule has 0 radical (unpaired) electrons. The lowest BCUT2D eigenvalue weighted by Crippen LogP contribution is -2.36. The first-order valence-corrected chi connectivity index (χ1v) is 21.8. The van der Waals surface area contributed by atoms with E-state index in [0.717, 1.165) is 45.6 Å². The van der Waals surface area contributed by atoms with Crippen LogP contribution in [0.5, 0.6) is 0 Å². The topological polar surface area (TPSA) is 239 Å². The number of nitrogens with two attached hydrogens (primary N) is 1. The van der Waals surface area contributed by atoms with Crippen LogP contribution in [0.25, 0.3) is 21.8 Å². The number of hydrogen-bond donors (Lipinski definition) is 4. The first kappa shape index (κ1) is 46.6. The van der Waals surface area contributed by atoms with E-state index in [1.54, 1.807) is 39.8 Å². The predicted octanol–water partition coefficient (Wildman–Crippen LogP) is 6.48. The number of hydrogen-bond acceptors (Lipinski definition) is 10. The van der Waals surface area contributed by atoms with Crippen LogP contribution < -0.4 is 15.2 Å². The van der Waals surface area contributed by atoms with E-state index in [-0.39, 0.29) is 27.9 Å². The zero-order chi connectivity index (χ0) is 44.5. The van der Waals surface area contributed by atoms with Crippen LogP contribution >= 0.6 is 0 Å². The van der Waals surface area contributed by atoms with Gasteiger partial charge >= 0.3 is 0 Å². The molecule has 0 fully saturated rings. The third kappa shape index (κ3) is 10.7. The molecule has 316 valence electrons. The molecule has 0 saturated carbocycles. The third-order valence-corrected chi connectivity index (χ3v) is 13.1. The number of benzene rings is 4. The van der Waals surface area contributed by atoms with Crippen molar-refractivity contribution in [2.75, 3.05) is 12.8 Å². The number of aliphatic hydroxyl groups excluding tert-OH is 1. The molecular formula is C43H50N8O7S2. The number of aromatic nitrogens is 2. The second-order valence-corrected chi connectivity index (χ2v) is 17.9. The number of nitriles is 2. The Morgan fingerprint density at radius 1 is 0.717 bits per heavy atom. The van der Waals surface area contributed by atoms with Gasteiger partial charge in [-0.3, -0.25) is 10.1 Å². The molecular weight excluding hydrogens is 805 g/mol. The lowest BCUT2D eigenvalue weighted by molar-refractivity contribution is -0.388. The summed E-state index contributed by atoms with van der Waals surface area (Å²) in [6.07, 6.45) is 4.33. The first-order chi connectivity index (χ1) is 28.4. The lowest BCUT2D eigenvalue weighted by atomic mass is 10.1. The Morgan fingerprint density at radius 3 is 1.53 bits per heavy atom. The number of anilines is 1. The summed E-state index contributed by atoms with van der Waals surface area (Å²) >= 11 is 0. The Kier molecular flexibility index (Phi) is 15.4. The van der Waals surface area contributed by atoms with Crippen molar-refractivity contribution >= 4 is 53.2 Å². The highest BCUT2D eigenvalue weighted by atomic mass is 32.2. The Morgan fingerprint density at radius 2 is 1.12 bits per heavy atom. The van der Waals surface area contributed by atoms with Crippen molar-refractivity contribution in [2.24, 2.45) is 0 Å². The van der Waals surface area contributed by atoms with E-state index >= 15 is 0 Å². The van der Waals surface area contributed by atoms with E-state index < -0.39 is 36.7 Å². The van der Waals surface area contributed by atoms with Crippen LogP contribution in [0.1, 0.15) is 47.2 Å². The summed E-state index contributed by atoms with van der Waals surface area (Å²) in [6.45, 7) is 11.1. The smallest absolute Gasteiger partial charge is 0.289 e. The van der Waals surface area contributed by atoms with Gasteiger partial charge in [-0.1, -0.05) is 48.5 Å². The normalized spacial score (nSPS) is 12.4. The molecule has 2 atom stereocenters. The van der Waals surface area contributed by atoms with Crippen molar-refractivity contribution in [2.45, 2.75) is 89.3 Å². The number of nitro groups is 1. The number of nitrogen functional groups attached to an aromatic ring is 1. The fourth-order valence-corrected chi connectivity index (χ4v) is 10.7. The van der Waals surface area contributed by atoms with Crippen LogP contribution in [0.2, 0.25) is 0 Å². The number of para-hydroxylation sites is 2. The standard InChI is InChI=1S/C21H22N4O4S.C21H24N4O2S.CH4O/c1-14-10-15(2)21(20(11-14)25(26)27)30(28,29)23-16(3)12-24-13-17(8-9-22)18-6-4-5-7-19(18)24;1-14-10-15(2)21(19(23)11-14)28(26,27)24-16(3)12-25-13-17(8-9-22)18-6-4-5-7-20(18)25;1-2/h4-7,10-11,13,16,23H,8,12H2,1-3H3;4-7,10-11,13,16,24H,8,12,23H2,1-3H3;2H,1H3/t2*16-;/m00./s1. The van der Waals surface area contributed by atoms with E-state index in [1.165, 1.54) is 6.07 Å². The van der Waals surface area contributed by atoms with Crippen LogP contribution in [0.3, 0.4) is 0 Å². The van der Waals surface area contributed by atoms with Gasteiger partial charge in [-0.05, 0) is 93.1 Å². The van der Waals surface area contributed by atoms with Crippen molar-refractivity contribution < 1.29 is 26.9 Å². The van der Waals surface area contributed by atoms with Crippen LogP contribution in [-0.2, 0) is 46.0 Å². The maximum Gasteiger partial charge on any atom is 0.289 e. The Hall–Kier alpha value is -6.08. The van der Waals surface area contributed by atoms with Gasteiger partial charge in [-0.25, -0.2) is 26.3 Å². The quantitative estimate of drug-likeness (QED) is 0.0560. The number of nitrogens with one attached hydrogen (secondary N) is 2. The summed E-state index contributed by atoms with van der Waals surface area (Å²) in [5, 5.41) is 38.5. The molecule has 60 heavy (non-hydrogen) atoms. The van der Waals surface area contributed by atoms with Crippen molar-refractivity contribution in [1.29, 1.82) is 10.5 Å². The van der Waals surface area contributed by atoms with Gasteiger partial charge in [0.15, 0.2) is 4.90 Å². The molecule has 6 aromatic rings. The van der Waals surface area contributed by atoms with Crippen LogP contribution in [0.4, 0.5) is 11.4 Å². The van der Waals surface area contributed by atoms with Crippen molar-refractivity contribution in [1.82, 2.24) is 18.6 Å². The molecule has 15 nitrogen and oxygen atoms in total. The van der Waals surface area contributed by atoms with E-state index in [2.05, 4.69) is 21.6 Å². The molecule has 0 aliphatic heterocycles. The van der Waals surface area contributed by atoms with Gasteiger partial charge in [0.25, 0.3) is 5.69 Å². The maximum absolute atomic E-state index is 13.0. The molecule has 0 saturated heterocycles. The second-order valence-electron chi connectivity index (χ2n) is 14.5. The van der Waals surface area contributed by atoms with Crippen molar-refractivity contribution in [3.63, 3.8) is 0 Å². The maximum atomic E-state index is 13.0. The fraction of sp³-hybridized carbons (Fsp3) is 0.302. The van der Waals surface area contributed by atoms with Gasteiger partial charge in [0.2, 0.25) is 20.0 Å². The number of aryl methyl sites for hydroxylation is 4. The number of aliphatic hydroxyl groups is 1. The summed E-state index contributed by atoms with van der Waals surface area (Å²) < 4.78 is 61.0. The lowest BCUT2D eigenvalue weighted by Gasteiger charge is -2.18. The largest absolute Gasteiger partial charge is 0.400 e. The SMILES string of the molecule is CO.Cc1cc(C)c(S(=O)(=O)N[C@@H](C)Cn2cc(CC#N)c3ccccc32)c(N)c1.Cc1cc(C)c(S(=O)(=O)N[C@@H](C)Cn2cc(CC#N)c3ccccc32)c([N+](=O)[O-])c1. The van der Waals surface area contributed by atoms with Gasteiger partial charge in [0.1, 0.15) is 4.90 Å². The Labute approximate surface area is 350 Å². The molecule has 5 N–H and O–H groups in total. The number of sulfonamides is 2. The van der Waals surface area contributed by atoms with Gasteiger partial charge in [0.05, 0.1) is 35.6 Å². The van der Waals surface area contributed by atoms with E-state index in [4.69, 9.17) is 21.4 Å². The Balaban J connectivity index is 0.000000255. The molecule has 0 aliphatic carbocycles. The summed E-state index contributed by atoms with van der Waals surface area (Å²) in [6, 6.07) is 25.2. The zero-order valence-electron chi connectivity index (χ0n) is 34.6. The second kappa shape index (κ2) is 19.8. The molecule has 0 unspecified atom stereocenters. The number of fused-ring (bicyclic) bond motifs is 2. The van der Waals surface area contributed by atoms with Gasteiger partial charge in [-0.15, -0.1) is 0 Å². The van der Waals surface area contributed by atoms with Gasteiger partial charge < -0.3 is 20.0 Å². The minimum absolute atomic E-state index is 0.132. The Bertz CT molecular complexity index is 2810. The summed E-state index contributed by atoms with van der Waals surface area (Å²) in [5.41, 5.74) is 12.0. The monoisotopic (exact) mass is 854 g/mol. The predicted molar refractivity (Wildman–Crippen MR) is 233 cm³/mol. The molecule has 0 bridgehead atoms. The molecule has 0 spiro atoms. The molecule has 0 amide bonds. The molecule has 2 heterocycles. The minimum atomic E-state index is -4.12. The summed E-state index contributed by atoms with van der Waals surface area (Å²) in [7, 11) is -6.87. The number of nitro benzene ring substituents is 1. The summed E-state index contributed by atoms with van der Waals surface area (Å²) in [4.78, 5) is 10.6. The van der Waals surface area contributed by atoms with Crippen LogP contribution in [-0.4, -0.2) is 55.2 Å². The minimum Gasteiger partial charge on any atom is -0.400 e. The number of nitrogens with zero attached hydrogens (tertiary/aromatic N) is 5. The summed E-state index contributed by atoms with van der Waals surface area (Å²) in [5.74, 6) is 0.